The van der Waals surface area contributed by atoms with Crippen LogP contribution in [0.1, 0.15) is 38.7 Å². The minimum absolute atomic E-state index is 0.359. The van der Waals surface area contributed by atoms with Crippen molar-refractivity contribution in [2.75, 3.05) is 13.2 Å². The lowest BCUT2D eigenvalue weighted by Crippen LogP contribution is -2.42. The van der Waals surface area contributed by atoms with Crippen LogP contribution < -0.4 is 5.32 Å². The van der Waals surface area contributed by atoms with E-state index in [2.05, 4.69) is 19.2 Å². The van der Waals surface area contributed by atoms with Crippen LogP contribution in [0.3, 0.4) is 0 Å². The molecule has 3 atom stereocenters. The van der Waals surface area contributed by atoms with Crippen LogP contribution in [0.2, 0.25) is 10.0 Å². The Morgan fingerprint density at radius 1 is 1.33 bits per heavy atom. The summed E-state index contributed by atoms with van der Waals surface area (Å²) in [6, 6.07) is 6.11. The lowest BCUT2D eigenvalue weighted by Gasteiger charge is -2.28. The first-order valence-corrected chi connectivity index (χ1v) is 8.70. The van der Waals surface area contributed by atoms with E-state index < -0.39 is 0 Å². The third kappa shape index (κ3) is 4.59. The van der Waals surface area contributed by atoms with E-state index in [1.807, 2.05) is 18.2 Å². The van der Waals surface area contributed by atoms with E-state index >= 15 is 0 Å². The fourth-order valence-electron chi connectivity index (χ4n) is 3.19. The minimum Gasteiger partial charge on any atom is -0.378 e. The molecule has 1 aliphatic rings. The van der Waals surface area contributed by atoms with E-state index in [0.717, 1.165) is 54.4 Å². The number of hydrogen-bond donors (Lipinski definition) is 1. The molecule has 2 nitrogen and oxygen atoms in total. The van der Waals surface area contributed by atoms with Crippen LogP contribution in [0.5, 0.6) is 0 Å². The van der Waals surface area contributed by atoms with Crippen LogP contribution in [-0.2, 0) is 11.2 Å². The summed E-state index contributed by atoms with van der Waals surface area (Å²) in [5, 5.41) is 5.24. The Morgan fingerprint density at radius 2 is 2.14 bits per heavy atom. The van der Waals surface area contributed by atoms with E-state index in [9.17, 15) is 0 Å². The highest BCUT2D eigenvalue weighted by atomic mass is 35.5. The van der Waals surface area contributed by atoms with Gasteiger partial charge in [-0.2, -0.15) is 0 Å². The number of ether oxygens (including phenoxy) is 1. The topological polar surface area (TPSA) is 21.3 Å². The van der Waals surface area contributed by atoms with Gasteiger partial charge in [-0.25, -0.2) is 0 Å². The molecule has 1 aliphatic heterocycles. The monoisotopic (exact) mass is 329 g/mol. The van der Waals surface area contributed by atoms with Crippen LogP contribution in [-0.4, -0.2) is 25.3 Å². The van der Waals surface area contributed by atoms with E-state index in [1.165, 1.54) is 0 Å². The first-order chi connectivity index (χ1) is 10.2. The van der Waals surface area contributed by atoms with E-state index in [-0.39, 0.29) is 0 Å². The zero-order chi connectivity index (χ0) is 15.2. The van der Waals surface area contributed by atoms with Crippen molar-refractivity contribution in [2.24, 2.45) is 5.92 Å². The van der Waals surface area contributed by atoms with Gasteiger partial charge in [-0.1, -0.05) is 37.0 Å². The molecule has 2 rings (SSSR count). The standard InChI is InChI=1S/C17H25Cl2NO/c1-3-8-20-16(14-7-9-21-17(14)4-2)11-12-10-13(18)5-6-15(12)19/h5-6,10,14,16-17,20H,3-4,7-9,11H2,1-2H3. The Morgan fingerprint density at radius 3 is 2.86 bits per heavy atom. The molecule has 0 spiro atoms. The first kappa shape index (κ1) is 17.1. The molecule has 0 saturated carbocycles. The molecule has 0 aromatic heterocycles. The van der Waals surface area contributed by atoms with Gasteiger partial charge in [-0.15, -0.1) is 0 Å². The molecule has 3 unspecified atom stereocenters. The normalized spacial score (nSPS) is 23.4. The smallest absolute Gasteiger partial charge is 0.0616 e. The molecule has 1 saturated heterocycles. The van der Waals surface area contributed by atoms with Crippen molar-refractivity contribution in [1.82, 2.24) is 5.32 Å². The number of benzene rings is 1. The van der Waals surface area contributed by atoms with Crippen LogP contribution >= 0.6 is 23.2 Å². The fourth-order valence-corrected chi connectivity index (χ4v) is 3.58. The van der Waals surface area contributed by atoms with Gasteiger partial charge in [0.15, 0.2) is 0 Å². The van der Waals surface area contributed by atoms with E-state index in [4.69, 9.17) is 27.9 Å². The van der Waals surface area contributed by atoms with Crippen LogP contribution in [0.25, 0.3) is 0 Å². The predicted molar refractivity (Wildman–Crippen MR) is 90.4 cm³/mol. The van der Waals surface area contributed by atoms with Crippen LogP contribution in [0.4, 0.5) is 0 Å². The summed E-state index contributed by atoms with van der Waals surface area (Å²) in [4.78, 5) is 0. The Balaban J connectivity index is 2.13. The Hall–Kier alpha value is -0.280. The summed E-state index contributed by atoms with van der Waals surface area (Å²) < 4.78 is 5.87. The van der Waals surface area contributed by atoms with Gasteiger partial charge in [0.1, 0.15) is 0 Å². The highest BCUT2D eigenvalue weighted by Gasteiger charge is 2.33. The van der Waals surface area contributed by atoms with Gasteiger partial charge in [0, 0.05) is 28.6 Å². The largest absolute Gasteiger partial charge is 0.378 e. The molecule has 4 heteroatoms. The molecule has 118 valence electrons. The molecular weight excluding hydrogens is 305 g/mol. The summed E-state index contributed by atoms with van der Waals surface area (Å²) in [6.07, 6.45) is 4.59. The zero-order valence-electron chi connectivity index (χ0n) is 12.9. The second-order valence-corrected chi connectivity index (χ2v) is 6.61. The molecule has 1 aromatic carbocycles. The molecule has 0 bridgehead atoms. The quantitative estimate of drug-likeness (QED) is 0.781. The van der Waals surface area contributed by atoms with Crippen molar-refractivity contribution in [1.29, 1.82) is 0 Å². The minimum atomic E-state index is 0.359. The van der Waals surface area contributed by atoms with Crippen molar-refractivity contribution < 1.29 is 4.74 Å². The summed E-state index contributed by atoms with van der Waals surface area (Å²) in [5.41, 5.74) is 1.12. The SMILES string of the molecule is CCCNC(Cc1cc(Cl)ccc1Cl)C1CCOC1CC. The van der Waals surface area contributed by atoms with Gasteiger partial charge in [-0.3, -0.25) is 0 Å². The van der Waals surface area contributed by atoms with Crippen LogP contribution in [0, 0.1) is 5.92 Å². The van der Waals surface area contributed by atoms with Crippen molar-refractivity contribution >= 4 is 23.2 Å². The van der Waals surface area contributed by atoms with Gasteiger partial charge in [0.25, 0.3) is 0 Å². The lowest BCUT2D eigenvalue weighted by atomic mass is 9.87. The molecular formula is C17H25Cl2NO. The number of halogens is 2. The molecule has 1 heterocycles. The third-order valence-corrected chi connectivity index (χ3v) is 4.89. The van der Waals surface area contributed by atoms with Crippen molar-refractivity contribution in [3.8, 4) is 0 Å². The van der Waals surface area contributed by atoms with E-state index in [1.54, 1.807) is 0 Å². The van der Waals surface area contributed by atoms with Gasteiger partial charge in [0.2, 0.25) is 0 Å². The van der Waals surface area contributed by atoms with Gasteiger partial charge in [0.05, 0.1) is 6.10 Å². The molecule has 1 fully saturated rings. The summed E-state index contributed by atoms with van der Waals surface area (Å²) in [6.45, 7) is 6.29. The van der Waals surface area contributed by atoms with Crippen molar-refractivity contribution in [3.05, 3.63) is 33.8 Å². The van der Waals surface area contributed by atoms with Crippen LogP contribution in [0.15, 0.2) is 18.2 Å². The Kier molecular flexibility index (Phi) is 6.81. The molecule has 0 radical (unpaired) electrons. The van der Waals surface area contributed by atoms with Gasteiger partial charge in [-0.05, 0) is 56.0 Å². The first-order valence-electron chi connectivity index (χ1n) is 7.94. The van der Waals surface area contributed by atoms with E-state index in [0.29, 0.717) is 18.1 Å². The highest BCUT2D eigenvalue weighted by Crippen LogP contribution is 2.30. The lowest BCUT2D eigenvalue weighted by molar-refractivity contribution is 0.0775. The number of rotatable bonds is 7. The Labute approximate surface area is 138 Å². The average molecular weight is 330 g/mol. The maximum absolute atomic E-state index is 6.33. The number of hydrogen-bond acceptors (Lipinski definition) is 2. The predicted octanol–water partition coefficient (Wildman–Crippen LogP) is 4.72. The maximum Gasteiger partial charge on any atom is 0.0616 e. The molecule has 0 aliphatic carbocycles. The zero-order valence-corrected chi connectivity index (χ0v) is 14.4. The van der Waals surface area contributed by atoms with Crippen molar-refractivity contribution in [3.63, 3.8) is 0 Å². The molecule has 1 N–H and O–H groups in total. The van der Waals surface area contributed by atoms with Gasteiger partial charge >= 0.3 is 0 Å². The molecule has 1 aromatic rings. The second-order valence-electron chi connectivity index (χ2n) is 5.77. The summed E-state index contributed by atoms with van der Waals surface area (Å²) in [7, 11) is 0. The van der Waals surface area contributed by atoms with Crippen molar-refractivity contribution in [2.45, 2.75) is 51.7 Å². The Bertz CT molecular complexity index is 452. The number of nitrogens with one attached hydrogen (secondary N) is 1. The summed E-state index contributed by atoms with van der Waals surface area (Å²) in [5.74, 6) is 0.552. The average Bonchev–Trinajstić information content (AvgIpc) is 2.95. The second kappa shape index (κ2) is 8.38. The van der Waals surface area contributed by atoms with Gasteiger partial charge < -0.3 is 10.1 Å². The third-order valence-electron chi connectivity index (χ3n) is 4.28. The molecule has 21 heavy (non-hydrogen) atoms. The maximum atomic E-state index is 6.33. The summed E-state index contributed by atoms with van der Waals surface area (Å²) >= 11 is 12.5. The molecule has 0 amide bonds. The highest BCUT2D eigenvalue weighted by molar-refractivity contribution is 6.33. The fraction of sp³-hybridized carbons (Fsp3) is 0.647.